The number of nitrogens with one attached hydrogen (secondary N) is 2. The average molecular weight is 396 g/mol. The van der Waals surface area contributed by atoms with Gasteiger partial charge in [0.2, 0.25) is 0 Å². The maximum absolute atomic E-state index is 12.2. The molecule has 0 unspecified atom stereocenters. The second-order valence-electron chi connectivity index (χ2n) is 5.84. The van der Waals surface area contributed by atoms with Gasteiger partial charge in [-0.1, -0.05) is 35.6 Å². The second kappa shape index (κ2) is 10.1. The highest BCUT2D eigenvalue weighted by atomic mass is 35.5. The van der Waals surface area contributed by atoms with Crippen molar-refractivity contribution in [3.8, 4) is 23.7 Å². The third kappa shape index (κ3) is 5.87. The maximum Gasteiger partial charge on any atom is 0.267 e. The van der Waals surface area contributed by atoms with E-state index in [1.807, 2.05) is 12.1 Å². The zero-order valence-corrected chi connectivity index (χ0v) is 15.7. The zero-order valence-electron chi connectivity index (χ0n) is 15.0. The van der Waals surface area contributed by atoms with Gasteiger partial charge in [0.25, 0.3) is 11.8 Å². The first kappa shape index (κ1) is 21.0. The first-order valence-corrected chi connectivity index (χ1v) is 8.67. The molecule has 2 amide bonds. The van der Waals surface area contributed by atoms with Crippen molar-refractivity contribution in [2.45, 2.75) is 19.0 Å². The molecular formula is C21H18ClN3O3. The Morgan fingerprint density at radius 3 is 2.32 bits per heavy atom. The summed E-state index contributed by atoms with van der Waals surface area (Å²) >= 11 is 6.02. The lowest BCUT2D eigenvalue weighted by Gasteiger charge is -2.19. The predicted molar refractivity (Wildman–Crippen MR) is 106 cm³/mol. The van der Waals surface area contributed by atoms with Gasteiger partial charge in [-0.15, -0.1) is 0 Å². The van der Waals surface area contributed by atoms with Crippen LogP contribution < -0.4 is 16.5 Å². The van der Waals surface area contributed by atoms with Crippen LogP contribution >= 0.6 is 11.6 Å². The average Bonchev–Trinajstić information content (AvgIpc) is 2.70. The molecule has 2 aromatic carbocycles. The van der Waals surface area contributed by atoms with E-state index in [-0.39, 0.29) is 0 Å². The monoisotopic (exact) mass is 395 g/mol. The Morgan fingerprint density at radius 2 is 1.71 bits per heavy atom. The van der Waals surface area contributed by atoms with E-state index >= 15 is 0 Å². The fourth-order valence-electron chi connectivity index (χ4n) is 2.20. The summed E-state index contributed by atoms with van der Waals surface area (Å²) in [6.07, 6.45) is 0. The van der Waals surface area contributed by atoms with Crippen molar-refractivity contribution < 1.29 is 14.8 Å². The highest BCUT2D eigenvalue weighted by molar-refractivity contribution is 6.31. The van der Waals surface area contributed by atoms with Crippen molar-refractivity contribution in [2.24, 2.45) is 5.73 Å². The number of rotatable bonds is 4. The summed E-state index contributed by atoms with van der Waals surface area (Å²) in [5.74, 6) is 9.91. The second-order valence-corrected chi connectivity index (χ2v) is 6.25. The molecule has 0 bridgehead atoms. The van der Waals surface area contributed by atoms with Gasteiger partial charge < -0.3 is 11.1 Å². The van der Waals surface area contributed by atoms with E-state index in [4.69, 9.17) is 22.5 Å². The lowest BCUT2D eigenvalue weighted by molar-refractivity contribution is -0.131. The summed E-state index contributed by atoms with van der Waals surface area (Å²) < 4.78 is 0. The van der Waals surface area contributed by atoms with Crippen LogP contribution in [0.1, 0.15) is 28.4 Å². The Kier molecular flexibility index (Phi) is 7.62. The summed E-state index contributed by atoms with van der Waals surface area (Å²) in [6.45, 7) is 1.54. The Morgan fingerprint density at radius 1 is 1.07 bits per heavy atom. The van der Waals surface area contributed by atoms with Crippen LogP contribution in [0.2, 0.25) is 5.02 Å². The number of amides is 2. The number of benzene rings is 2. The SMILES string of the molecule is C[C@@H](N)[C@H](NC(=O)c1ccc(C#CC#Cc2ccccc2Cl)cc1)C(=O)NO. The van der Waals surface area contributed by atoms with Crippen molar-refractivity contribution in [3.63, 3.8) is 0 Å². The van der Waals surface area contributed by atoms with Gasteiger partial charge in [-0.2, -0.15) is 0 Å². The number of hydrogen-bond donors (Lipinski definition) is 4. The Hall–Kier alpha value is -3.29. The van der Waals surface area contributed by atoms with Crippen LogP contribution in [-0.4, -0.2) is 29.1 Å². The van der Waals surface area contributed by atoms with Crippen molar-refractivity contribution >= 4 is 23.4 Å². The van der Waals surface area contributed by atoms with Crippen LogP contribution in [0.25, 0.3) is 0 Å². The number of hydroxylamine groups is 1. The molecule has 142 valence electrons. The summed E-state index contributed by atoms with van der Waals surface area (Å²) in [7, 11) is 0. The molecule has 7 heteroatoms. The molecule has 28 heavy (non-hydrogen) atoms. The first-order chi connectivity index (χ1) is 13.4. The topological polar surface area (TPSA) is 104 Å². The van der Waals surface area contributed by atoms with Gasteiger partial charge in [-0.3, -0.25) is 14.8 Å². The van der Waals surface area contributed by atoms with Crippen LogP contribution in [0.3, 0.4) is 0 Å². The summed E-state index contributed by atoms with van der Waals surface area (Å²) in [4.78, 5) is 23.8. The number of hydrogen-bond acceptors (Lipinski definition) is 4. The number of carbonyl (C=O) groups is 2. The molecule has 0 spiro atoms. The molecule has 0 heterocycles. The Balaban J connectivity index is 2.05. The van der Waals surface area contributed by atoms with Crippen LogP contribution in [0.4, 0.5) is 0 Å². The Bertz CT molecular complexity index is 980. The van der Waals surface area contributed by atoms with Gasteiger partial charge in [0.05, 0.1) is 5.02 Å². The molecule has 2 atom stereocenters. The summed E-state index contributed by atoms with van der Waals surface area (Å²) in [5.41, 5.74) is 8.83. The predicted octanol–water partition coefficient (Wildman–Crippen LogP) is 1.69. The van der Waals surface area contributed by atoms with E-state index < -0.39 is 23.9 Å². The van der Waals surface area contributed by atoms with Crippen molar-refractivity contribution in [1.29, 1.82) is 0 Å². The van der Waals surface area contributed by atoms with E-state index in [9.17, 15) is 9.59 Å². The van der Waals surface area contributed by atoms with E-state index in [1.54, 1.807) is 43.3 Å². The van der Waals surface area contributed by atoms with Crippen molar-refractivity contribution in [3.05, 3.63) is 70.2 Å². The number of nitrogens with two attached hydrogens (primary N) is 1. The van der Waals surface area contributed by atoms with E-state index in [0.29, 0.717) is 21.7 Å². The molecule has 2 aromatic rings. The van der Waals surface area contributed by atoms with Gasteiger partial charge in [-0.05, 0) is 55.2 Å². The largest absolute Gasteiger partial charge is 0.339 e. The minimum absolute atomic E-state index is 0.323. The van der Waals surface area contributed by atoms with Crippen LogP contribution in [-0.2, 0) is 4.79 Å². The maximum atomic E-state index is 12.2. The molecule has 0 aliphatic heterocycles. The fourth-order valence-corrected chi connectivity index (χ4v) is 2.38. The zero-order chi connectivity index (χ0) is 20.5. The molecule has 0 aliphatic carbocycles. The van der Waals surface area contributed by atoms with Crippen molar-refractivity contribution in [1.82, 2.24) is 10.8 Å². The molecule has 0 aromatic heterocycles. The lowest BCUT2D eigenvalue weighted by Crippen LogP contribution is -2.54. The van der Waals surface area contributed by atoms with Gasteiger partial charge in [0.1, 0.15) is 6.04 Å². The molecule has 2 rings (SSSR count). The lowest BCUT2D eigenvalue weighted by atomic mass is 10.1. The highest BCUT2D eigenvalue weighted by Gasteiger charge is 2.24. The smallest absolute Gasteiger partial charge is 0.267 e. The van der Waals surface area contributed by atoms with Crippen molar-refractivity contribution in [2.75, 3.05) is 0 Å². The highest BCUT2D eigenvalue weighted by Crippen LogP contribution is 2.12. The number of halogens is 1. The van der Waals surface area contributed by atoms with Crippen LogP contribution in [0.15, 0.2) is 48.5 Å². The van der Waals surface area contributed by atoms with Gasteiger partial charge in [0.15, 0.2) is 0 Å². The number of carbonyl (C=O) groups excluding carboxylic acids is 2. The van der Waals surface area contributed by atoms with Crippen LogP contribution in [0, 0.1) is 23.7 Å². The molecule has 0 radical (unpaired) electrons. The van der Waals surface area contributed by atoms with Gasteiger partial charge in [-0.25, -0.2) is 5.48 Å². The van der Waals surface area contributed by atoms with E-state index in [2.05, 4.69) is 29.0 Å². The molecule has 0 fully saturated rings. The van der Waals surface area contributed by atoms with Gasteiger partial charge >= 0.3 is 0 Å². The first-order valence-electron chi connectivity index (χ1n) is 8.29. The molecule has 5 N–H and O–H groups in total. The molecular weight excluding hydrogens is 378 g/mol. The molecule has 0 saturated heterocycles. The Labute approximate surface area is 168 Å². The molecule has 0 aliphatic rings. The normalized spacial score (nSPS) is 11.7. The third-order valence-corrected chi connectivity index (χ3v) is 4.02. The minimum atomic E-state index is -1.06. The van der Waals surface area contributed by atoms with Gasteiger partial charge in [0, 0.05) is 22.7 Å². The summed E-state index contributed by atoms with van der Waals surface area (Å²) in [6, 6.07) is 11.9. The standard InChI is InChI=1S/C21H18ClN3O3/c1-14(23)19(21(27)25-28)24-20(26)17-12-10-15(11-13-17)6-2-3-7-16-8-4-5-9-18(16)22/h4-5,8-14,19,28H,23H2,1H3,(H,24,26)(H,25,27)/t14-,19+/m1/s1. The quantitative estimate of drug-likeness (QED) is 0.359. The third-order valence-electron chi connectivity index (χ3n) is 3.69. The van der Waals surface area contributed by atoms with Crippen LogP contribution in [0.5, 0.6) is 0 Å². The summed E-state index contributed by atoms with van der Waals surface area (Å²) in [5, 5.41) is 11.8. The van der Waals surface area contributed by atoms with E-state index in [0.717, 1.165) is 0 Å². The minimum Gasteiger partial charge on any atom is -0.339 e. The fraction of sp³-hybridized carbons (Fsp3) is 0.143. The molecule has 0 saturated carbocycles. The molecule has 6 nitrogen and oxygen atoms in total. The van der Waals surface area contributed by atoms with E-state index in [1.165, 1.54) is 5.48 Å².